The van der Waals surface area contributed by atoms with Crippen molar-refractivity contribution in [1.29, 1.82) is 0 Å². The van der Waals surface area contributed by atoms with E-state index in [9.17, 15) is 9.59 Å². The van der Waals surface area contributed by atoms with E-state index in [0.717, 1.165) is 29.5 Å². The number of aromatic amines is 1. The molecule has 2 N–H and O–H groups in total. The molecule has 2 aromatic heterocycles. The second-order valence-corrected chi connectivity index (χ2v) is 10.3. The molecule has 0 saturated heterocycles. The molecule has 0 bridgehead atoms. The molecular formula is C24H29N3O3S. The largest absolute Gasteiger partial charge is 0.495 e. The first kappa shape index (κ1) is 21.6. The minimum Gasteiger partial charge on any atom is -0.495 e. The fraction of sp³-hybridized carbons (Fsp3) is 0.458. The first-order chi connectivity index (χ1) is 14.8. The van der Waals surface area contributed by atoms with Crippen LogP contribution >= 0.6 is 11.3 Å². The van der Waals surface area contributed by atoms with Gasteiger partial charge in [-0.15, -0.1) is 11.3 Å². The van der Waals surface area contributed by atoms with Crippen molar-refractivity contribution >= 4 is 33.1 Å². The molecule has 0 unspecified atom stereocenters. The Morgan fingerprint density at radius 2 is 2.10 bits per heavy atom. The summed E-state index contributed by atoms with van der Waals surface area (Å²) in [4.78, 5) is 34.9. The van der Waals surface area contributed by atoms with Crippen LogP contribution in [-0.2, 0) is 24.1 Å². The number of hydrogen-bond donors (Lipinski definition) is 2. The number of methoxy groups -OCH3 is 1. The van der Waals surface area contributed by atoms with Crippen molar-refractivity contribution in [1.82, 2.24) is 9.97 Å². The summed E-state index contributed by atoms with van der Waals surface area (Å²) in [6.07, 6.45) is 3.65. The number of carbonyl (C=O) groups excluding carboxylic acids is 1. The zero-order valence-electron chi connectivity index (χ0n) is 18.5. The molecule has 1 aliphatic carbocycles. The number of H-pyrrole nitrogens is 1. The number of benzene rings is 1. The molecule has 2 heterocycles. The van der Waals surface area contributed by atoms with Gasteiger partial charge in [0.25, 0.3) is 5.56 Å². The molecule has 7 heteroatoms. The fourth-order valence-electron chi connectivity index (χ4n) is 4.28. The first-order valence-corrected chi connectivity index (χ1v) is 11.5. The van der Waals surface area contributed by atoms with Gasteiger partial charge in [-0.3, -0.25) is 9.59 Å². The predicted octanol–water partition coefficient (Wildman–Crippen LogP) is 4.72. The van der Waals surface area contributed by atoms with Gasteiger partial charge in [0, 0.05) is 17.7 Å². The van der Waals surface area contributed by atoms with Gasteiger partial charge >= 0.3 is 0 Å². The number of ether oxygens (including phenoxy) is 1. The summed E-state index contributed by atoms with van der Waals surface area (Å²) in [5.74, 6) is 1.64. The number of rotatable bonds is 5. The van der Waals surface area contributed by atoms with Crippen molar-refractivity contribution in [2.75, 3.05) is 12.4 Å². The highest BCUT2D eigenvalue weighted by molar-refractivity contribution is 7.18. The summed E-state index contributed by atoms with van der Waals surface area (Å²) in [6, 6.07) is 7.28. The van der Waals surface area contributed by atoms with E-state index in [4.69, 9.17) is 9.72 Å². The van der Waals surface area contributed by atoms with Gasteiger partial charge in [-0.05, 0) is 48.3 Å². The highest BCUT2D eigenvalue weighted by atomic mass is 32.1. The molecule has 0 fully saturated rings. The molecule has 6 nitrogen and oxygen atoms in total. The number of amides is 1. The first-order valence-electron chi connectivity index (χ1n) is 10.7. The molecule has 1 amide bonds. The summed E-state index contributed by atoms with van der Waals surface area (Å²) in [5.41, 5.74) is 1.98. The SMILES string of the molecule is COc1ccccc1NC(=O)CCc1nc2sc3c(c2c(=O)[nH]1)CC[C@@H](C(C)(C)C)C3. The Kier molecular flexibility index (Phi) is 5.88. The molecule has 0 radical (unpaired) electrons. The third-order valence-corrected chi connectivity index (χ3v) is 7.31. The van der Waals surface area contributed by atoms with Crippen LogP contribution in [-0.4, -0.2) is 23.0 Å². The van der Waals surface area contributed by atoms with Crippen molar-refractivity contribution in [3.63, 3.8) is 0 Å². The molecule has 31 heavy (non-hydrogen) atoms. The van der Waals surface area contributed by atoms with Crippen LogP contribution in [0.15, 0.2) is 29.1 Å². The Bertz CT molecular complexity index is 1170. The van der Waals surface area contributed by atoms with Crippen LogP contribution < -0.4 is 15.6 Å². The third kappa shape index (κ3) is 4.51. The van der Waals surface area contributed by atoms with Crippen LogP contribution in [0.4, 0.5) is 5.69 Å². The van der Waals surface area contributed by atoms with E-state index < -0.39 is 0 Å². The average molecular weight is 440 g/mol. The Morgan fingerprint density at radius 3 is 2.84 bits per heavy atom. The van der Waals surface area contributed by atoms with E-state index in [1.54, 1.807) is 30.6 Å². The van der Waals surface area contributed by atoms with E-state index >= 15 is 0 Å². The summed E-state index contributed by atoms with van der Waals surface area (Å²) in [5, 5.41) is 3.61. The van der Waals surface area contributed by atoms with Gasteiger partial charge in [0.1, 0.15) is 16.4 Å². The lowest BCUT2D eigenvalue weighted by atomic mass is 9.72. The Hall–Kier alpha value is -2.67. The Morgan fingerprint density at radius 1 is 1.32 bits per heavy atom. The molecule has 1 aliphatic rings. The topological polar surface area (TPSA) is 84.1 Å². The number of nitrogens with one attached hydrogen (secondary N) is 2. The number of para-hydroxylation sites is 2. The van der Waals surface area contributed by atoms with Gasteiger partial charge < -0.3 is 15.0 Å². The van der Waals surface area contributed by atoms with Gasteiger partial charge in [-0.25, -0.2) is 4.98 Å². The van der Waals surface area contributed by atoms with Crippen LogP contribution in [0.5, 0.6) is 5.75 Å². The van der Waals surface area contributed by atoms with Gasteiger partial charge in [0.2, 0.25) is 5.91 Å². The molecular weight excluding hydrogens is 410 g/mol. The van der Waals surface area contributed by atoms with Crippen LogP contribution in [0.2, 0.25) is 0 Å². The lowest BCUT2D eigenvalue weighted by molar-refractivity contribution is -0.116. The number of thiophene rings is 1. The molecule has 3 aromatic rings. The number of aromatic nitrogens is 2. The second-order valence-electron chi connectivity index (χ2n) is 9.25. The molecule has 1 atom stereocenters. The quantitative estimate of drug-likeness (QED) is 0.603. The number of anilines is 1. The molecule has 0 saturated carbocycles. The maximum absolute atomic E-state index is 12.8. The minimum absolute atomic E-state index is 0.0863. The monoisotopic (exact) mass is 439 g/mol. The van der Waals surface area contributed by atoms with Crippen molar-refractivity contribution < 1.29 is 9.53 Å². The summed E-state index contributed by atoms with van der Waals surface area (Å²) >= 11 is 1.64. The van der Waals surface area contributed by atoms with Crippen LogP contribution in [0, 0.1) is 11.3 Å². The van der Waals surface area contributed by atoms with E-state index in [1.165, 1.54) is 10.4 Å². The number of fused-ring (bicyclic) bond motifs is 3. The van der Waals surface area contributed by atoms with Gasteiger partial charge in [-0.2, -0.15) is 0 Å². The van der Waals surface area contributed by atoms with Gasteiger partial charge in [-0.1, -0.05) is 32.9 Å². The minimum atomic E-state index is -0.147. The summed E-state index contributed by atoms with van der Waals surface area (Å²) in [7, 11) is 1.57. The predicted molar refractivity (Wildman–Crippen MR) is 125 cm³/mol. The highest BCUT2D eigenvalue weighted by Crippen LogP contribution is 2.42. The van der Waals surface area contributed by atoms with E-state index in [-0.39, 0.29) is 23.3 Å². The fourth-order valence-corrected chi connectivity index (χ4v) is 5.60. The zero-order valence-corrected chi connectivity index (χ0v) is 19.3. The Balaban J connectivity index is 1.50. The van der Waals surface area contributed by atoms with Crippen molar-refractivity contribution in [2.45, 2.75) is 52.9 Å². The van der Waals surface area contributed by atoms with Crippen molar-refractivity contribution in [3.05, 3.63) is 50.9 Å². The Labute approximate surface area is 186 Å². The van der Waals surface area contributed by atoms with E-state index in [0.29, 0.717) is 29.6 Å². The molecule has 164 valence electrons. The van der Waals surface area contributed by atoms with Crippen molar-refractivity contribution in [2.24, 2.45) is 11.3 Å². The second kappa shape index (κ2) is 8.46. The van der Waals surface area contributed by atoms with Crippen LogP contribution in [0.1, 0.15) is 49.9 Å². The molecule has 0 aliphatic heterocycles. The molecule has 4 rings (SSSR count). The molecule has 1 aromatic carbocycles. The van der Waals surface area contributed by atoms with Crippen LogP contribution in [0.3, 0.4) is 0 Å². The highest BCUT2D eigenvalue weighted by Gasteiger charge is 2.31. The maximum Gasteiger partial charge on any atom is 0.259 e. The average Bonchev–Trinajstić information content (AvgIpc) is 3.10. The number of hydrogen-bond acceptors (Lipinski definition) is 5. The molecule has 0 spiro atoms. The van der Waals surface area contributed by atoms with Crippen molar-refractivity contribution in [3.8, 4) is 5.75 Å². The third-order valence-electron chi connectivity index (χ3n) is 6.16. The number of aryl methyl sites for hydroxylation is 2. The number of nitrogens with zero attached hydrogens (tertiary/aromatic N) is 1. The summed E-state index contributed by atoms with van der Waals surface area (Å²) < 4.78 is 5.27. The number of carbonyl (C=O) groups is 1. The standard InChI is InChI=1S/C24H29N3O3S/c1-24(2,3)14-9-10-15-18(13-14)31-23-21(15)22(29)26-19(27-23)11-12-20(28)25-16-7-5-6-8-17(16)30-4/h5-8,14H,9-13H2,1-4H3,(H,25,28)(H,26,27,29)/t14-/m1/s1. The van der Waals surface area contributed by atoms with E-state index in [2.05, 4.69) is 31.1 Å². The van der Waals surface area contributed by atoms with Crippen LogP contribution in [0.25, 0.3) is 10.2 Å². The van der Waals surface area contributed by atoms with Gasteiger partial charge in [0.05, 0.1) is 18.2 Å². The zero-order chi connectivity index (χ0) is 22.2. The normalized spacial score (nSPS) is 16.2. The lowest BCUT2D eigenvalue weighted by Gasteiger charge is -2.33. The lowest BCUT2D eigenvalue weighted by Crippen LogP contribution is -2.26. The maximum atomic E-state index is 12.8. The van der Waals surface area contributed by atoms with Gasteiger partial charge in [0.15, 0.2) is 0 Å². The van der Waals surface area contributed by atoms with E-state index in [1.807, 2.05) is 12.1 Å². The smallest absolute Gasteiger partial charge is 0.259 e. The summed E-state index contributed by atoms with van der Waals surface area (Å²) in [6.45, 7) is 6.86.